The fourth-order valence-electron chi connectivity index (χ4n) is 3.79. The van der Waals surface area contributed by atoms with E-state index in [0.717, 1.165) is 15.4 Å². The molecule has 1 aliphatic heterocycles. The van der Waals surface area contributed by atoms with Gasteiger partial charge in [-0.15, -0.1) is 0 Å². The molecule has 0 radical (unpaired) electrons. The fraction of sp³-hybridized carbons (Fsp3) is 0.238. The summed E-state index contributed by atoms with van der Waals surface area (Å²) in [7, 11) is -2.33. The molecule has 2 aromatic carbocycles. The van der Waals surface area contributed by atoms with Crippen LogP contribution in [0.5, 0.6) is 0 Å². The smallest absolute Gasteiger partial charge is 0.285 e. The molecule has 1 saturated heterocycles. The third-order valence-electron chi connectivity index (χ3n) is 5.22. The van der Waals surface area contributed by atoms with Crippen molar-refractivity contribution in [2.75, 3.05) is 6.54 Å². The number of halogens is 1. The van der Waals surface area contributed by atoms with Crippen molar-refractivity contribution in [3.63, 3.8) is 0 Å². The van der Waals surface area contributed by atoms with Crippen molar-refractivity contribution in [1.29, 1.82) is 0 Å². The molecular weight excluding hydrogens is 410 g/mol. The van der Waals surface area contributed by atoms with Gasteiger partial charge in [-0.1, -0.05) is 54.1 Å². The number of amides is 1. The lowest BCUT2D eigenvalue weighted by Crippen LogP contribution is -2.34. The molecule has 0 saturated carbocycles. The summed E-state index contributed by atoms with van der Waals surface area (Å²) in [4.78, 5) is 17.2. The normalized spacial score (nSPS) is 19.7. The van der Waals surface area contributed by atoms with Gasteiger partial charge in [0.15, 0.2) is 5.03 Å². The minimum absolute atomic E-state index is 0.0903. The van der Waals surface area contributed by atoms with Gasteiger partial charge in [0.25, 0.3) is 10.0 Å². The lowest BCUT2D eigenvalue weighted by Gasteiger charge is -2.17. The molecule has 1 amide bonds. The molecule has 0 bridgehead atoms. The maximum absolute atomic E-state index is 13.3. The lowest BCUT2D eigenvalue weighted by atomic mass is 9.84. The van der Waals surface area contributed by atoms with E-state index in [1.54, 1.807) is 17.7 Å². The zero-order valence-corrected chi connectivity index (χ0v) is 17.3. The second-order valence-corrected chi connectivity index (χ2v) is 9.46. The molecule has 6 nitrogen and oxygen atoms in total. The molecule has 2 atom stereocenters. The highest BCUT2D eigenvalue weighted by molar-refractivity contribution is 7.89. The van der Waals surface area contributed by atoms with Crippen LogP contribution in [0.4, 0.5) is 0 Å². The van der Waals surface area contributed by atoms with Crippen LogP contribution in [0.25, 0.3) is 0 Å². The maximum atomic E-state index is 13.3. The number of rotatable bonds is 5. The van der Waals surface area contributed by atoms with Gasteiger partial charge >= 0.3 is 0 Å². The van der Waals surface area contributed by atoms with Gasteiger partial charge in [0, 0.05) is 30.7 Å². The van der Waals surface area contributed by atoms with Gasteiger partial charge in [0.2, 0.25) is 5.91 Å². The number of imidazole rings is 1. The summed E-state index contributed by atoms with van der Waals surface area (Å²) in [6, 6.07) is 16.9. The van der Waals surface area contributed by atoms with Crippen molar-refractivity contribution in [2.24, 2.45) is 13.0 Å². The van der Waals surface area contributed by atoms with Crippen molar-refractivity contribution in [3.05, 3.63) is 83.3 Å². The summed E-state index contributed by atoms with van der Waals surface area (Å²) in [5.74, 6) is -1.17. The summed E-state index contributed by atoms with van der Waals surface area (Å²) < 4.78 is 28.7. The van der Waals surface area contributed by atoms with Crippen LogP contribution in [-0.2, 0) is 28.3 Å². The van der Waals surface area contributed by atoms with E-state index in [1.165, 1.54) is 12.5 Å². The topological polar surface area (TPSA) is 72.3 Å². The fourth-order valence-corrected chi connectivity index (χ4v) is 5.44. The van der Waals surface area contributed by atoms with Gasteiger partial charge < -0.3 is 4.57 Å². The molecule has 3 aromatic rings. The number of nitrogens with zero attached hydrogens (tertiary/aromatic N) is 3. The molecule has 150 valence electrons. The summed E-state index contributed by atoms with van der Waals surface area (Å²) in [5, 5.41) is 0.464. The minimum Gasteiger partial charge on any atom is -0.339 e. The zero-order chi connectivity index (χ0) is 20.6. The van der Waals surface area contributed by atoms with E-state index in [-0.39, 0.29) is 17.5 Å². The number of aryl methyl sites for hydroxylation is 1. The van der Waals surface area contributed by atoms with E-state index >= 15 is 0 Å². The Morgan fingerprint density at radius 2 is 1.90 bits per heavy atom. The molecule has 4 rings (SSSR count). The first kappa shape index (κ1) is 19.7. The Hall–Kier alpha value is -2.64. The predicted molar refractivity (Wildman–Crippen MR) is 110 cm³/mol. The van der Waals surface area contributed by atoms with E-state index < -0.39 is 21.8 Å². The Bertz CT molecular complexity index is 1140. The van der Waals surface area contributed by atoms with Crippen LogP contribution in [0.3, 0.4) is 0 Å². The standard InChI is InChI=1S/C21H20ClN3O3S/c1-24-13-20(23-14-24)29(27,28)25-12-19(16-7-3-2-4-8-16)18(21(25)26)11-15-6-5-9-17(22)10-15/h2-10,13-14,18-19H,11-12H2,1H3. The highest BCUT2D eigenvalue weighted by Gasteiger charge is 2.47. The lowest BCUT2D eigenvalue weighted by molar-refractivity contribution is -0.127. The first-order valence-corrected chi connectivity index (χ1v) is 11.0. The van der Waals surface area contributed by atoms with Crippen LogP contribution in [0.1, 0.15) is 17.0 Å². The third kappa shape index (κ3) is 3.80. The van der Waals surface area contributed by atoms with E-state index in [9.17, 15) is 13.2 Å². The van der Waals surface area contributed by atoms with Gasteiger partial charge in [0.05, 0.1) is 12.2 Å². The van der Waals surface area contributed by atoms with Crippen LogP contribution in [0.2, 0.25) is 5.02 Å². The van der Waals surface area contributed by atoms with Gasteiger partial charge in [-0.05, 0) is 29.7 Å². The van der Waals surface area contributed by atoms with Crippen molar-refractivity contribution in [2.45, 2.75) is 17.4 Å². The number of hydrogen-bond acceptors (Lipinski definition) is 4. The Morgan fingerprint density at radius 3 is 2.55 bits per heavy atom. The quantitative estimate of drug-likeness (QED) is 0.624. The van der Waals surface area contributed by atoms with Crippen LogP contribution in [-0.4, -0.2) is 34.7 Å². The highest BCUT2D eigenvalue weighted by Crippen LogP contribution is 2.38. The van der Waals surface area contributed by atoms with E-state index in [2.05, 4.69) is 4.98 Å². The SMILES string of the molecule is Cn1cnc(S(=O)(=O)N2CC(c3ccccc3)C(Cc3cccc(Cl)c3)C2=O)c1. The Morgan fingerprint density at radius 1 is 1.14 bits per heavy atom. The van der Waals surface area contributed by atoms with E-state index in [0.29, 0.717) is 11.4 Å². The summed E-state index contributed by atoms with van der Waals surface area (Å²) in [5.41, 5.74) is 1.83. The summed E-state index contributed by atoms with van der Waals surface area (Å²) in [6.07, 6.45) is 3.23. The summed E-state index contributed by atoms with van der Waals surface area (Å²) in [6.45, 7) is 0.0903. The monoisotopic (exact) mass is 429 g/mol. The highest BCUT2D eigenvalue weighted by atomic mass is 35.5. The molecule has 1 aromatic heterocycles. The Labute approximate surface area is 174 Å². The molecule has 0 spiro atoms. The van der Waals surface area contributed by atoms with Crippen molar-refractivity contribution in [3.8, 4) is 0 Å². The van der Waals surface area contributed by atoms with Crippen molar-refractivity contribution in [1.82, 2.24) is 13.9 Å². The second kappa shape index (κ2) is 7.65. The van der Waals surface area contributed by atoms with E-state index in [4.69, 9.17) is 11.6 Å². The Kier molecular flexibility index (Phi) is 5.19. The number of benzene rings is 2. The Balaban J connectivity index is 1.72. The first-order valence-electron chi connectivity index (χ1n) is 9.20. The number of sulfonamides is 1. The molecule has 8 heteroatoms. The molecule has 0 aliphatic carbocycles. The average Bonchev–Trinajstić information content (AvgIpc) is 3.28. The molecular formula is C21H20ClN3O3S. The number of carbonyl (C=O) groups is 1. The predicted octanol–water partition coefficient (Wildman–Crippen LogP) is 3.25. The number of hydrogen-bond donors (Lipinski definition) is 0. The van der Waals surface area contributed by atoms with Crippen LogP contribution in [0.15, 0.2) is 72.1 Å². The molecule has 2 heterocycles. The minimum atomic E-state index is -4.02. The summed E-state index contributed by atoms with van der Waals surface area (Å²) >= 11 is 6.10. The van der Waals surface area contributed by atoms with Gasteiger partial charge in [0.1, 0.15) is 0 Å². The molecule has 29 heavy (non-hydrogen) atoms. The largest absolute Gasteiger partial charge is 0.339 e. The molecule has 1 aliphatic rings. The van der Waals surface area contributed by atoms with Crippen LogP contribution in [0, 0.1) is 5.92 Å². The van der Waals surface area contributed by atoms with Crippen molar-refractivity contribution < 1.29 is 13.2 Å². The van der Waals surface area contributed by atoms with Crippen LogP contribution < -0.4 is 0 Å². The van der Waals surface area contributed by atoms with Gasteiger partial charge in [-0.25, -0.2) is 9.29 Å². The zero-order valence-electron chi connectivity index (χ0n) is 15.8. The van der Waals surface area contributed by atoms with Crippen LogP contribution >= 0.6 is 11.6 Å². The maximum Gasteiger partial charge on any atom is 0.285 e. The van der Waals surface area contributed by atoms with E-state index in [1.807, 2.05) is 48.5 Å². The molecule has 2 unspecified atom stereocenters. The van der Waals surface area contributed by atoms with Crippen molar-refractivity contribution >= 4 is 27.5 Å². The molecule has 0 N–H and O–H groups in total. The van der Waals surface area contributed by atoms with Gasteiger partial charge in [-0.2, -0.15) is 8.42 Å². The first-order chi connectivity index (χ1) is 13.9. The second-order valence-electron chi connectivity index (χ2n) is 7.21. The third-order valence-corrected chi connectivity index (χ3v) is 7.10. The number of carbonyl (C=O) groups excluding carboxylic acids is 1. The molecule has 1 fully saturated rings. The van der Waals surface area contributed by atoms with Gasteiger partial charge in [-0.3, -0.25) is 4.79 Å². The average molecular weight is 430 g/mol. The number of aromatic nitrogens is 2.